The third-order valence-corrected chi connectivity index (χ3v) is 2.92. The quantitative estimate of drug-likeness (QED) is 0.814. The zero-order chi connectivity index (χ0) is 12.4. The van der Waals surface area contributed by atoms with Crippen LogP contribution in [0.2, 0.25) is 0 Å². The van der Waals surface area contributed by atoms with Gasteiger partial charge in [-0.2, -0.15) is 0 Å². The van der Waals surface area contributed by atoms with Crippen LogP contribution in [-0.2, 0) is 4.84 Å². The lowest BCUT2D eigenvalue weighted by molar-refractivity contribution is -0.0783. The fourth-order valence-corrected chi connectivity index (χ4v) is 2.04. The molecule has 1 aliphatic heterocycles. The van der Waals surface area contributed by atoms with E-state index in [1.807, 2.05) is 30.3 Å². The number of amides is 1. The summed E-state index contributed by atoms with van der Waals surface area (Å²) in [5.41, 5.74) is 1.77. The van der Waals surface area contributed by atoms with Crippen molar-refractivity contribution in [3.05, 3.63) is 48.4 Å². The Hall–Kier alpha value is -2.07. The number of furan rings is 1. The average molecular weight is 243 g/mol. The highest BCUT2D eigenvalue weighted by atomic mass is 16.7. The van der Waals surface area contributed by atoms with Crippen LogP contribution >= 0.6 is 0 Å². The number of hydrogen-bond acceptors (Lipinski definition) is 3. The Bertz CT molecular complexity index is 541. The molecule has 1 aromatic heterocycles. The Morgan fingerprint density at radius 1 is 1.17 bits per heavy atom. The molecule has 0 unspecified atom stereocenters. The number of benzene rings is 1. The maximum atomic E-state index is 12.2. The molecule has 4 heteroatoms. The standard InChI is InChI=1S/C14H13NO3/c16-14(15-8-4-9-18-15)13-12(7-10-17-13)11-5-2-1-3-6-11/h1-3,5-7,10H,4,8-9H2. The van der Waals surface area contributed by atoms with Crippen LogP contribution < -0.4 is 0 Å². The number of carbonyl (C=O) groups is 1. The molecular formula is C14H13NO3. The summed E-state index contributed by atoms with van der Waals surface area (Å²) in [7, 11) is 0. The van der Waals surface area contributed by atoms with Crippen molar-refractivity contribution in [3.63, 3.8) is 0 Å². The van der Waals surface area contributed by atoms with Crippen molar-refractivity contribution >= 4 is 5.91 Å². The molecule has 1 saturated heterocycles. The van der Waals surface area contributed by atoms with E-state index >= 15 is 0 Å². The molecule has 1 amide bonds. The van der Waals surface area contributed by atoms with Crippen molar-refractivity contribution in [3.8, 4) is 11.1 Å². The van der Waals surface area contributed by atoms with Crippen LogP contribution in [0.1, 0.15) is 17.0 Å². The molecule has 4 nitrogen and oxygen atoms in total. The zero-order valence-electron chi connectivity index (χ0n) is 9.83. The summed E-state index contributed by atoms with van der Waals surface area (Å²) < 4.78 is 5.32. The molecule has 1 fully saturated rings. The second kappa shape index (κ2) is 4.66. The first kappa shape index (κ1) is 11.0. The van der Waals surface area contributed by atoms with Gasteiger partial charge in [-0.15, -0.1) is 0 Å². The topological polar surface area (TPSA) is 42.7 Å². The molecule has 0 saturated carbocycles. The maximum absolute atomic E-state index is 12.2. The van der Waals surface area contributed by atoms with Crippen molar-refractivity contribution in [2.75, 3.05) is 13.2 Å². The minimum absolute atomic E-state index is 0.212. The van der Waals surface area contributed by atoms with Crippen LogP contribution in [0.15, 0.2) is 47.1 Å². The largest absolute Gasteiger partial charge is 0.458 e. The van der Waals surface area contributed by atoms with Crippen LogP contribution in [0.25, 0.3) is 11.1 Å². The molecule has 0 aliphatic carbocycles. The van der Waals surface area contributed by atoms with Crippen molar-refractivity contribution in [1.29, 1.82) is 0 Å². The first-order chi connectivity index (χ1) is 8.86. The highest BCUT2D eigenvalue weighted by Crippen LogP contribution is 2.26. The fourth-order valence-electron chi connectivity index (χ4n) is 2.04. The first-order valence-electron chi connectivity index (χ1n) is 5.94. The van der Waals surface area contributed by atoms with Crippen LogP contribution in [0.3, 0.4) is 0 Å². The van der Waals surface area contributed by atoms with Crippen LogP contribution in [-0.4, -0.2) is 24.1 Å². The second-order valence-corrected chi connectivity index (χ2v) is 4.12. The average Bonchev–Trinajstić information content (AvgIpc) is 3.10. The summed E-state index contributed by atoms with van der Waals surface area (Å²) in [6.07, 6.45) is 2.40. The highest BCUT2D eigenvalue weighted by molar-refractivity contribution is 5.97. The van der Waals surface area contributed by atoms with Gasteiger partial charge in [-0.25, -0.2) is 5.06 Å². The van der Waals surface area contributed by atoms with Gasteiger partial charge >= 0.3 is 5.91 Å². The fraction of sp³-hybridized carbons (Fsp3) is 0.214. The monoisotopic (exact) mass is 243 g/mol. The molecule has 18 heavy (non-hydrogen) atoms. The Balaban J connectivity index is 1.94. The lowest BCUT2D eigenvalue weighted by Crippen LogP contribution is -2.26. The van der Waals surface area contributed by atoms with E-state index in [0.717, 1.165) is 17.5 Å². The van der Waals surface area contributed by atoms with E-state index in [1.54, 1.807) is 6.07 Å². The number of rotatable bonds is 2. The molecule has 92 valence electrons. The number of carbonyl (C=O) groups excluding carboxylic acids is 1. The van der Waals surface area contributed by atoms with E-state index in [9.17, 15) is 4.79 Å². The summed E-state index contributed by atoms with van der Waals surface area (Å²) in [6.45, 7) is 1.21. The minimum atomic E-state index is -0.212. The normalized spacial score (nSPS) is 15.0. The first-order valence-corrected chi connectivity index (χ1v) is 5.94. The lowest BCUT2D eigenvalue weighted by Gasteiger charge is -2.12. The number of hydrogen-bond donors (Lipinski definition) is 0. The maximum Gasteiger partial charge on any atom is 0.313 e. The third kappa shape index (κ3) is 1.91. The molecule has 0 N–H and O–H groups in total. The van der Waals surface area contributed by atoms with Crippen molar-refractivity contribution < 1.29 is 14.0 Å². The molecule has 3 rings (SSSR count). The molecule has 0 radical (unpaired) electrons. The van der Waals surface area contributed by atoms with Gasteiger partial charge in [0.2, 0.25) is 5.76 Å². The van der Waals surface area contributed by atoms with Crippen LogP contribution in [0.5, 0.6) is 0 Å². The Kier molecular flexibility index (Phi) is 2.86. The van der Waals surface area contributed by atoms with E-state index in [4.69, 9.17) is 9.25 Å². The van der Waals surface area contributed by atoms with E-state index in [0.29, 0.717) is 18.9 Å². The van der Waals surface area contributed by atoms with E-state index in [1.165, 1.54) is 11.3 Å². The van der Waals surface area contributed by atoms with Crippen molar-refractivity contribution in [2.45, 2.75) is 6.42 Å². The van der Waals surface area contributed by atoms with Crippen LogP contribution in [0, 0.1) is 0 Å². The van der Waals surface area contributed by atoms with Gasteiger partial charge in [-0.05, 0) is 18.1 Å². The molecular weight excluding hydrogens is 230 g/mol. The molecule has 0 atom stereocenters. The predicted molar refractivity (Wildman–Crippen MR) is 65.7 cm³/mol. The second-order valence-electron chi connectivity index (χ2n) is 4.12. The van der Waals surface area contributed by atoms with Crippen molar-refractivity contribution in [2.24, 2.45) is 0 Å². The van der Waals surface area contributed by atoms with Gasteiger partial charge in [0.25, 0.3) is 0 Å². The molecule has 0 bridgehead atoms. The summed E-state index contributed by atoms with van der Waals surface area (Å²) in [5, 5.41) is 1.37. The summed E-state index contributed by atoms with van der Waals surface area (Å²) >= 11 is 0. The summed E-state index contributed by atoms with van der Waals surface area (Å²) in [6, 6.07) is 11.5. The molecule has 1 aromatic carbocycles. The lowest BCUT2D eigenvalue weighted by atomic mass is 10.1. The van der Waals surface area contributed by atoms with Gasteiger partial charge in [-0.3, -0.25) is 9.63 Å². The van der Waals surface area contributed by atoms with Gasteiger partial charge < -0.3 is 4.42 Å². The SMILES string of the molecule is O=C(c1occc1-c1ccccc1)N1CCCO1. The Labute approximate surface area is 105 Å². The number of nitrogens with zero attached hydrogens (tertiary/aromatic N) is 1. The van der Waals surface area contributed by atoms with E-state index in [-0.39, 0.29) is 5.91 Å². The number of hydroxylamine groups is 2. The van der Waals surface area contributed by atoms with Gasteiger partial charge in [0.1, 0.15) is 0 Å². The minimum Gasteiger partial charge on any atom is -0.458 e. The molecule has 2 heterocycles. The predicted octanol–water partition coefficient (Wildman–Crippen LogP) is 2.72. The van der Waals surface area contributed by atoms with Crippen molar-refractivity contribution in [1.82, 2.24) is 5.06 Å². The smallest absolute Gasteiger partial charge is 0.313 e. The zero-order valence-corrected chi connectivity index (χ0v) is 9.83. The van der Waals surface area contributed by atoms with Gasteiger partial charge in [0.05, 0.1) is 19.4 Å². The molecule has 2 aromatic rings. The molecule has 1 aliphatic rings. The Morgan fingerprint density at radius 3 is 2.72 bits per heavy atom. The summed E-state index contributed by atoms with van der Waals surface area (Å²) in [5.74, 6) is 0.124. The van der Waals surface area contributed by atoms with E-state index < -0.39 is 0 Å². The van der Waals surface area contributed by atoms with Gasteiger partial charge in [0, 0.05) is 5.56 Å². The van der Waals surface area contributed by atoms with Crippen LogP contribution in [0.4, 0.5) is 0 Å². The third-order valence-electron chi connectivity index (χ3n) is 2.92. The highest BCUT2D eigenvalue weighted by Gasteiger charge is 2.26. The van der Waals surface area contributed by atoms with Gasteiger partial charge in [0.15, 0.2) is 0 Å². The van der Waals surface area contributed by atoms with Gasteiger partial charge in [-0.1, -0.05) is 30.3 Å². The van der Waals surface area contributed by atoms with E-state index in [2.05, 4.69) is 0 Å². The Morgan fingerprint density at radius 2 is 2.00 bits per heavy atom. The summed E-state index contributed by atoms with van der Waals surface area (Å²) in [4.78, 5) is 17.5. The molecule has 0 spiro atoms.